The number of piperidine rings is 1. The lowest BCUT2D eigenvalue weighted by Gasteiger charge is -2.28. The number of hydrogen-bond donors (Lipinski definition) is 2. The fraction of sp³-hybridized carbons (Fsp3) is 0.500. The zero-order chi connectivity index (χ0) is 16.1. The third kappa shape index (κ3) is 5.08. The molecule has 1 aromatic rings. The van der Waals surface area contributed by atoms with Crippen molar-refractivity contribution in [2.45, 2.75) is 25.6 Å². The Kier molecular flexibility index (Phi) is 5.93. The van der Waals surface area contributed by atoms with Gasteiger partial charge in [0.05, 0.1) is 17.7 Å². The van der Waals surface area contributed by atoms with Crippen LogP contribution < -0.4 is 10.1 Å². The van der Waals surface area contributed by atoms with Crippen molar-refractivity contribution in [1.82, 2.24) is 4.90 Å². The number of rotatable bonds is 5. The van der Waals surface area contributed by atoms with Gasteiger partial charge in [-0.25, -0.2) is 0 Å². The number of anilines is 1. The first-order valence-corrected chi connectivity index (χ1v) is 7.26. The van der Waals surface area contributed by atoms with Crippen molar-refractivity contribution in [3.8, 4) is 5.75 Å². The molecule has 0 aliphatic carbocycles. The molecule has 0 aromatic heterocycles. The summed E-state index contributed by atoms with van der Waals surface area (Å²) in [6.45, 7) is -1.42. The predicted octanol–water partition coefficient (Wildman–Crippen LogP) is 2.34. The first-order valence-electron chi connectivity index (χ1n) is 6.88. The van der Waals surface area contributed by atoms with Crippen LogP contribution in [0.4, 0.5) is 14.5 Å². The van der Waals surface area contributed by atoms with Crippen LogP contribution in [0, 0.1) is 0 Å². The zero-order valence-electron chi connectivity index (χ0n) is 11.8. The molecule has 0 spiro atoms. The van der Waals surface area contributed by atoms with Crippen LogP contribution >= 0.6 is 11.6 Å². The van der Waals surface area contributed by atoms with E-state index in [9.17, 15) is 18.7 Å². The van der Waals surface area contributed by atoms with Crippen LogP contribution in [0.25, 0.3) is 0 Å². The number of carbonyl (C=O) groups is 1. The van der Waals surface area contributed by atoms with E-state index >= 15 is 0 Å². The average molecular weight is 335 g/mol. The summed E-state index contributed by atoms with van der Waals surface area (Å²) in [6.07, 6.45) is 1.01. The minimum Gasteiger partial charge on any atom is -0.433 e. The molecular formula is C14H17ClF2N2O3. The highest BCUT2D eigenvalue weighted by Gasteiger charge is 2.19. The number of amides is 1. The minimum atomic E-state index is -2.95. The zero-order valence-corrected chi connectivity index (χ0v) is 12.5. The lowest BCUT2D eigenvalue weighted by Crippen LogP contribution is -2.40. The number of hydrogen-bond acceptors (Lipinski definition) is 4. The van der Waals surface area contributed by atoms with Crippen molar-refractivity contribution in [2.75, 3.05) is 25.0 Å². The Balaban J connectivity index is 1.87. The number of aliphatic hydroxyl groups excluding tert-OH is 1. The largest absolute Gasteiger partial charge is 0.433 e. The number of aliphatic hydroxyl groups is 1. The fourth-order valence-corrected chi connectivity index (χ4v) is 2.48. The van der Waals surface area contributed by atoms with Crippen molar-refractivity contribution in [1.29, 1.82) is 0 Å². The van der Waals surface area contributed by atoms with Gasteiger partial charge in [0.1, 0.15) is 5.75 Å². The van der Waals surface area contributed by atoms with Gasteiger partial charge in [-0.05, 0) is 31.0 Å². The van der Waals surface area contributed by atoms with Crippen molar-refractivity contribution in [3.05, 3.63) is 23.2 Å². The Morgan fingerprint density at radius 2 is 2.14 bits per heavy atom. The van der Waals surface area contributed by atoms with Crippen molar-refractivity contribution in [3.63, 3.8) is 0 Å². The van der Waals surface area contributed by atoms with E-state index in [1.165, 1.54) is 18.2 Å². The third-order valence-corrected chi connectivity index (χ3v) is 3.65. The molecule has 1 amide bonds. The summed E-state index contributed by atoms with van der Waals surface area (Å²) in [5.41, 5.74) is 0.411. The maximum atomic E-state index is 12.1. The van der Waals surface area contributed by atoms with E-state index in [-0.39, 0.29) is 29.3 Å². The normalized spacial score (nSPS) is 16.8. The molecule has 1 saturated heterocycles. The quantitative estimate of drug-likeness (QED) is 0.867. The Bertz CT molecular complexity index is 523. The van der Waals surface area contributed by atoms with E-state index in [0.29, 0.717) is 31.6 Å². The lowest BCUT2D eigenvalue weighted by atomic mass is 10.1. The Hall–Kier alpha value is -1.44. The summed E-state index contributed by atoms with van der Waals surface area (Å²) in [5, 5.41) is 12.1. The van der Waals surface area contributed by atoms with Gasteiger partial charge in [0.2, 0.25) is 5.91 Å². The smallest absolute Gasteiger partial charge is 0.387 e. The summed E-state index contributed by atoms with van der Waals surface area (Å²) in [4.78, 5) is 13.9. The molecule has 5 nitrogen and oxygen atoms in total. The fourth-order valence-electron chi connectivity index (χ4n) is 2.25. The van der Waals surface area contributed by atoms with E-state index in [1.54, 1.807) is 0 Å². The number of alkyl halides is 2. The molecule has 22 heavy (non-hydrogen) atoms. The molecule has 0 atom stereocenters. The van der Waals surface area contributed by atoms with Crippen LogP contribution in [0.1, 0.15) is 12.8 Å². The van der Waals surface area contributed by atoms with Crippen molar-refractivity contribution >= 4 is 23.2 Å². The van der Waals surface area contributed by atoms with E-state index in [0.717, 1.165) is 0 Å². The monoisotopic (exact) mass is 334 g/mol. The summed E-state index contributed by atoms with van der Waals surface area (Å²) in [6, 6.07) is 4.08. The van der Waals surface area contributed by atoms with E-state index in [2.05, 4.69) is 10.1 Å². The summed E-state index contributed by atoms with van der Waals surface area (Å²) in [5.74, 6) is -0.366. The highest BCUT2D eigenvalue weighted by atomic mass is 35.5. The highest BCUT2D eigenvalue weighted by Crippen LogP contribution is 2.28. The van der Waals surface area contributed by atoms with E-state index in [4.69, 9.17) is 11.6 Å². The first kappa shape index (κ1) is 16.9. The summed E-state index contributed by atoms with van der Waals surface area (Å²) < 4.78 is 28.5. The van der Waals surface area contributed by atoms with Crippen LogP contribution in [0.15, 0.2) is 18.2 Å². The van der Waals surface area contributed by atoms with Gasteiger partial charge in [-0.1, -0.05) is 11.6 Å². The standard InChI is InChI=1S/C14H17ClF2N2O3/c15-11-7-9(1-2-12(11)22-14(16)17)18-13(21)8-19-5-3-10(20)4-6-19/h1-2,7,10,14,20H,3-6,8H2,(H,18,21). The van der Waals surface area contributed by atoms with E-state index in [1.807, 2.05) is 4.90 Å². The second-order valence-corrected chi connectivity index (χ2v) is 5.49. The number of nitrogens with zero attached hydrogens (tertiary/aromatic N) is 1. The van der Waals surface area contributed by atoms with Gasteiger partial charge in [0, 0.05) is 18.8 Å². The van der Waals surface area contributed by atoms with Crippen LogP contribution in [-0.4, -0.2) is 48.3 Å². The van der Waals surface area contributed by atoms with Gasteiger partial charge >= 0.3 is 6.61 Å². The maximum Gasteiger partial charge on any atom is 0.387 e. The summed E-state index contributed by atoms with van der Waals surface area (Å²) >= 11 is 5.82. The molecule has 2 N–H and O–H groups in total. The number of halogens is 3. The number of nitrogens with one attached hydrogen (secondary N) is 1. The Labute approximate surface area is 131 Å². The van der Waals surface area contributed by atoms with Crippen molar-refractivity contribution < 1.29 is 23.4 Å². The molecule has 122 valence electrons. The van der Waals surface area contributed by atoms with Crippen molar-refractivity contribution in [2.24, 2.45) is 0 Å². The second-order valence-electron chi connectivity index (χ2n) is 5.08. The van der Waals surface area contributed by atoms with Gasteiger partial charge in [0.15, 0.2) is 0 Å². The average Bonchev–Trinajstić information content (AvgIpc) is 2.44. The number of carbonyl (C=O) groups excluding carboxylic acids is 1. The molecule has 1 aromatic carbocycles. The Morgan fingerprint density at radius 3 is 2.73 bits per heavy atom. The van der Waals surface area contributed by atoms with Gasteiger partial charge in [-0.2, -0.15) is 8.78 Å². The molecule has 1 aliphatic rings. The molecule has 1 fully saturated rings. The van der Waals surface area contributed by atoms with Gasteiger partial charge in [-0.15, -0.1) is 0 Å². The molecule has 0 saturated carbocycles. The molecule has 1 aliphatic heterocycles. The molecule has 0 radical (unpaired) electrons. The molecule has 2 rings (SSSR count). The molecule has 8 heteroatoms. The minimum absolute atomic E-state index is 0.000746. The molecule has 1 heterocycles. The molecule has 0 unspecified atom stereocenters. The van der Waals surface area contributed by atoms with Gasteiger partial charge in [0.25, 0.3) is 0 Å². The third-order valence-electron chi connectivity index (χ3n) is 3.36. The number of likely N-dealkylation sites (tertiary alicyclic amines) is 1. The maximum absolute atomic E-state index is 12.1. The second kappa shape index (κ2) is 7.71. The predicted molar refractivity (Wildman–Crippen MR) is 78.4 cm³/mol. The SMILES string of the molecule is O=C(CN1CCC(O)CC1)Nc1ccc(OC(F)F)c(Cl)c1. The van der Waals surface area contributed by atoms with E-state index < -0.39 is 6.61 Å². The number of benzene rings is 1. The van der Waals surface area contributed by atoms with Gasteiger partial charge in [-0.3, -0.25) is 9.69 Å². The van der Waals surface area contributed by atoms with Crippen LogP contribution in [-0.2, 0) is 4.79 Å². The van der Waals surface area contributed by atoms with Crippen LogP contribution in [0.3, 0.4) is 0 Å². The molecule has 0 bridgehead atoms. The van der Waals surface area contributed by atoms with Crippen LogP contribution in [0.5, 0.6) is 5.75 Å². The topological polar surface area (TPSA) is 61.8 Å². The molecular weight excluding hydrogens is 318 g/mol. The first-order chi connectivity index (χ1) is 10.4. The van der Waals surface area contributed by atoms with Gasteiger partial charge < -0.3 is 15.2 Å². The summed E-state index contributed by atoms with van der Waals surface area (Å²) in [7, 11) is 0. The highest BCUT2D eigenvalue weighted by molar-refractivity contribution is 6.32. The number of ether oxygens (including phenoxy) is 1. The lowest BCUT2D eigenvalue weighted by molar-refractivity contribution is -0.117. The van der Waals surface area contributed by atoms with Crippen LogP contribution in [0.2, 0.25) is 5.02 Å². The Morgan fingerprint density at radius 1 is 1.45 bits per heavy atom.